The second-order valence-corrected chi connectivity index (χ2v) is 5.30. The van der Waals surface area contributed by atoms with Crippen molar-refractivity contribution in [2.75, 3.05) is 6.26 Å². The van der Waals surface area contributed by atoms with Crippen LogP contribution in [0.2, 0.25) is 0 Å². The average Bonchev–Trinajstić information content (AvgIpc) is 2.43. The fourth-order valence-corrected chi connectivity index (χ4v) is 2.25. The van der Waals surface area contributed by atoms with Gasteiger partial charge in [-0.2, -0.15) is 11.8 Å². The third-order valence-corrected chi connectivity index (χ3v) is 3.37. The number of rotatable bonds is 8. The number of aliphatic carboxylic acids is 2. The Kier molecular flexibility index (Phi) is 6.74. The first-order valence-electron chi connectivity index (χ1n) is 6.27. The van der Waals surface area contributed by atoms with Crippen LogP contribution in [-0.2, 0) is 15.3 Å². The van der Waals surface area contributed by atoms with Crippen molar-refractivity contribution in [2.45, 2.75) is 24.6 Å². The van der Waals surface area contributed by atoms with Crippen LogP contribution in [0.1, 0.15) is 28.8 Å². The second kappa shape index (κ2) is 8.31. The Morgan fingerprint density at radius 2 is 2.00 bits per heavy atom. The molecule has 0 saturated carbocycles. The van der Waals surface area contributed by atoms with Gasteiger partial charge in [0.25, 0.3) is 5.91 Å². The van der Waals surface area contributed by atoms with Gasteiger partial charge in [-0.15, -0.1) is 0 Å². The topological polar surface area (TPSA) is 104 Å². The quantitative estimate of drug-likeness (QED) is 0.673. The molecule has 3 N–H and O–H groups in total. The fourth-order valence-electron chi connectivity index (χ4n) is 1.74. The molecule has 1 aromatic rings. The van der Waals surface area contributed by atoms with Crippen molar-refractivity contribution in [3.05, 3.63) is 35.4 Å². The highest BCUT2D eigenvalue weighted by Crippen LogP contribution is 2.12. The maximum atomic E-state index is 12.0. The molecule has 0 radical (unpaired) electrons. The molecule has 0 aromatic heterocycles. The van der Waals surface area contributed by atoms with Crippen molar-refractivity contribution >= 4 is 29.6 Å². The maximum absolute atomic E-state index is 12.0. The first kappa shape index (κ1) is 17.0. The van der Waals surface area contributed by atoms with E-state index in [1.54, 1.807) is 30.0 Å². The molecule has 0 fully saturated rings. The van der Waals surface area contributed by atoms with Crippen molar-refractivity contribution in [3.63, 3.8) is 0 Å². The Morgan fingerprint density at radius 3 is 2.57 bits per heavy atom. The van der Waals surface area contributed by atoms with Crippen LogP contribution in [-0.4, -0.2) is 40.4 Å². The molecule has 0 aliphatic heterocycles. The number of carboxylic acid groups (broad SMARTS) is 2. The van der Waals surface area contributed by atoms with Crippen molar-refractivity contribution < 1.29 is 24.6 Å². The van der Waals surface area contributed by atoms with Gasteiger partial charge in [-0.05, 0) is 30.4 Å². The summed E-state index contributed by atoms with van der Waals surface area (Å²) in [4.78, 5) is 33.6. The van der Waals surface area contributed by atoms with E-state index in [4.69, 9.17) is 10.2 Å². The highest BCUT2D eigenvalue weighted by molar-refractivity contribution is 7.97. The van der Waals surface area contributed by atoms with Crippen LogP contribution in [0.15, 0.2) is 24.3 Å². The van der Waals surface area contributed by atoms with Gasteiger partial charge in [-0.25, -0.2) is 4.79 Å². The Bertz CT molecular complexity index is 532. The summed E-state index contributed by atoms with van der Waals surface area (Å²) in [5, 5.41) is 19.9. The lowest BCUT2D eigenvalue weighted by Gasteiger charge is -2.14. The minimum Gasteiger partial charge on any atom is -0.481 e. The van der Waals surface area contributed by atoms with E-state index >= 15 is 0 Å². The number of carboxylic acids is 2. The number of thioether (sulfide) groups is 1. The first-order chi connectivity index (χ1) is 9.93. The van der Waals surface area contributed by atoms with Crippen LogP contribution in [0.3, 0.4) is 0 Å². The number of carbonyl (C=O) groups is 3. The molecule has 0 saturated heterocycles. The maximum Gasteiger partial charge on any atom is 0.326 e. The molecule has 7 heteroatoms. The fraction of sp³-hybridized carbons (Fsp3) is 0.357. The molecule has 1 rings (SSSR count). The molecule has 0 aliphatic carbocycles. The zero-order chi connectivity index (χ0) is 15.8. The van der Waals surface area contributed by atoms with Crippen LogP contribution in [0.25, 0.3) is 0 Å². The average molecular weight is 311 g/mol. The summed E-state index contributed by atoms with van der Waals surface area (Å²) >= 11 is 1.61. The summed E-state index contributed by atoms with van der Waals surface area (Å²) in [5.74, 6) is -2.11. The Labute approximate surface area is 126 Å². The van der Waals surface area contributed by atoms with E-state index in [1.165, 1.54) is 0 Å². The second-order valence-electron chi connectivity index (χ2n) is 4.43. The molecular formula is C14H17NO5S. The van der Waals surface area contributed by atoms with Crippen molar-refractivity contribution in [3.8, 4) is 0 Å². The number of amides is 1. The number of hydrogen-bond donors (Lipinski definition) is 3. The predicted molar refractivity (Wildman–Crippen MR) is 79.4 cm³/mol. The highest BCUT2D eigenvalue weighted by atomic mass is 32.2. The minimum absolute atomic E-state index is 0.152. The molecule has 21 heavy (non-hydrogen) atoms. The Hall–Kier alpha value is -2.02. The third kappa shape index (κ3) is 5.86. The number of nitrogens with one attached hydrogen (secondary N) is 1. The van der Waals surface area contributed by atoms with Gasteiger partial charge >= 0.3 is 11.9 Å². The summed E-state index contributed by atoms with van der Waals surface area (Å²) < 4.78 is 0. The monoisotopic (exact) mass is 311 g/mol. The standard InChI is InChI=1S/C14H17NO5S/c1-21-8-9-3-2-4-10(7-9)13(18)15-11(14(19)20)5-6-12(16)17/h2-4,7,11H,5-6,8H2,1H3,(H,15,18)(H,16,17)(H,19,20). The van der Waals surface area contributed by atoms with Crippen LogP contribution >= 0.6 is 11.8 Å². The summed E-state index contributed by atoms with van der Waals surface area (Å²) in [6.07, 6.45) is 1.48. The smallest absolute Gasteiger partial charge is 0.326 e. The van der Waals surface area contributed by atoms with Gasteiger partial charge in [-0.3, -0.25) is 9.59 Å². The predicted octanol–water partition coefficient (Wildman–Crippen LogP) is 1.60. The minimum atomic E-state index is -1.25. The van der Waals surface area contributed by atoms with E-state index in [0.29, 0.717) is 5.56 Å². The lowest BCUT2D eigenvalue weighted by atomic mass is 10.1. The molecular weight excluding hydrogens is 294 g/mol. The van der Waals surface area contributed by atoms with Gasteiger partial charge in [0.15, 0.2) is 0 Å². The highest BCUT2D eigenvalue weighted by Gasteiger charge is 2.21. The zero-order valence-corrected chi connectivity index (χ0v) is 12.4. The Balaban J connectivity index is 2.74. The van der Waals surface area contributed by atoms with Gasteiger partial charge < -0.3 is 15.5 Å². The van der Waals surface area contributed by atoms with E-state index in [2.05, 4.69) is 5.32 Å². The van der Waals surface area contributed by atoms with Gasteiger partial charge in [0, 0.05) is 17.7 Å². The van der Waals surface area contributed by atoms with E-state index < -0.39 is 23.9 Å². The lowest BCUT2D eigenvalue weighted by Crippen LogP contribution is -2.41. The van der Waals surface area contributed by atoms with Crippen LogP contribution in [0.5, 0.6) is 0 Å². The van der Waals surface area contributed by atoms with E-state index in [0.717, 1.165) is 11.3 Å². The van der Waals surface area contributed by atoms with Crippen molar-refractivity contribution in [2.24, 2.45) is 0 Å². The lowest BCUT2D eigenvalue weighted by molar-refractivity contribution is -0.140. The number of hydrogen-bond acceptors (Lipinski definition) is 4. The van der Waals surface area contributed by atoms with E-state index in [-0.39, 0.29) is 12.8 Å². The van der Waals surface area contributed by atoms with Gasteiger partial charge in [0.2, 0.25) is 0 Å². The van der Waals surface area contributed by atoms with Gasteiger partial charge in [0.05, 0.1) is 0 Å². The normalized spacial score (nSPS) is 11.7. The molecule has 0 aliphatic rings. The summed E-state index contributed by atoms with van der Waals surface area (Å²) in [6.45, 7) is 0. The third-order valence-electron chi connectivity index (χ3n) is 2.75. The van der Waals surface area contributed by atoms with Crippen LogP contribution in [0.4, 0.5) is 0 Å². The molecule has 0 spiro atoms. The van der Waals surface area contributed by atoms with Crippen molar-refractivity contribution in [1.29, 1.82) is 0 Å². The van der Waals surface area contributed by atoms with Crippen LogP contribution < -0.4 is 5.32 Å². The molecule has 1 atom stereocenters. The van der Waals surface area contributed by atoms with Crippen LogP contribution in [0, 0.1) is 0 Å². The SMILES string of the molecule is CSCc1cccc(C(=O)NC(CCC(=O)O)C(=O)O)c1. The molecule has 1 amide bonds. The Morgan fingerprint density at radius 1 is 1.29 bits per heavy atom. The number of carbonyl (C=O) groups excluding carboxylic acids is 1. The molecule has 0 bridgehead atoms. The zero-order valence-electron chi connectivity index (χ0n) is 11.5. The summed E-state index contributed by atoms with van der Waals surface area (Å²) in [5.41, 5.74) is 1.33. The van der Waals surface area contributed by atoms with Gasteiger partial charge in [-0.1, -0.05) is 12.1 Å². The summed E-state index contributed by atoms with van der Waals surface area (Å²) in [6, 6.07) is 5.69. The molecule has 114 valence electrons. The number of benzene rings is 1. The molecule has 6 nitrogen and oxygen atoms in total. The largest absolute Gasteiger partial charge is 0.481 e. The van der Waals surface area contributed by atoms with Gasteiger partial charge in [0.1, 0.15) is 6.04 Å². The van der Waals surface area contributed by atoms with E-state index in [1.807, 2.05) is 12.3 Å². The molecule has 0 heterocycles. The molecule has 1 aromatic carbocycles. The summed E-state index contributed by atoms with van der Waals surface area (Å²) in [7, 11) is 0. The van der Waals surface area contributed by atoms with E-state index in [9.17, 15) is 14.4 Å². The first-order valence-corrected chi connectivity index (χ1v) is 7.66. The van der Waals surface area contributed by atoms with Crippen molar-refractivity contribution in [1.82, 2.24) is 5.32 Å². The molecule has 1 unspecified atom stereocenters.